The van der Waals surface area contributed by atoms with Crippen LogP contribution in [-0.2, 0) is 12.8 Å². The third-order valence-corrected chi connectivity index (χ3v) is 6.77. The van der Waals surface area contributed by atoms with Crippen LogP contribution in [-0.4, -0.2) is 26.8 Å². The van der Waals surface area contributed by atoms with Gasteiger partial charge in [-0.15, -0.1) is 11.3 Å². The Labute approximate surface area is 187 Å². The first-order chi connectivity index (χ1) is 15.6. The van der Waals surface area contributed by atoms with Crippen LogP contribution in [0.2, 0.25) is 0 Å². The van der Waals surface area contributed by atoms with Gasteiger partial charge in [-0.3, -0.25) is 14.2 Å². The molecule has 1 amide bonds. The van der Waals surface area contributed by atoms with Gasteiger partial charge in [-0.2, -0.15) is 5.10 Å². The minimum Gasteiger partial charge on any atom is -0.507 e. The Bertz CT molecular complexity index is 1420. The van der Waals surface area contributed by atoms with Gasteiger partial charge < -0.3 is 5.11 Å². The number of phenolic OH excluding ortho intramolecular Hbond substituents is 1. The lowest BCUT2D eigenvalue weighted by Crippen LogP contribution is -2.21. The number of hydrogen-bond acceptors (Lipinski definition) is 6. The van der Waals surface area contributed by atoms with E-state index in [1.54, 1.807) is 59.9 Å². The number of nitrogens with one attached hydrogen (secondary N) is 1. The van der Waals surface area contributed by atoms with Gasteiger partial charge in [-0.25, -0.2) is 10.4 Å². The molecule has 2 N–H and O–H groups in total. The summed E-state index contributed by atoms with van der Waals surface area (Å²) in [4.78, 5) is 32.4. The average molecular weight is 445 g/mol. The van der Waals surface area contributed by atoms with Crippen LogP contribution >= 0.6 is 11.3 Å². The van der Waals surface area contributed by atoms with Crippen molar-refractivity contribution in [3.8, 4) is 11.4 Å². The largest absolute Gasteiger partial charge is 0.507 e. The predicted octanol–water partition coefficient (Wildman–Crippen LogP) is 3.80. The van der Waals surface area contributed by atoms with Crippen LogP contribution in [0.3, 0.4) is 0 Å². The molecule has 4 aromatic rings. The second-order valence-corrected chi connectivity index (χ2v) is 8.70. The lowest BCUT2D eigenvalue weighted by Gasteiger charge is -2.11. The van der Waals surface area contributed by atoms with Gasteiger partial charge in [0.15, 0.2) is 0 Å². The molecule has 0 aliphatic heterocycles. The molecule has 0 spiro atoms. The first-order valence-corrected chi connectivity index (χ1v) is 11.2. The van der Waals surface area contributed by atoms with E-state index in [2.05, 4.69) is 15.5 Å². The van der Waals surface area contributed by atoms with E-state index >= 15 is 0 Å². The van der Waals surface area contributed by atoms with E-state index in [0.29, 0.717) is 22.2 Å². The molecule has 2 heterocycles. The molecule has 0 saturated carbocycles. The second kappa shape index (κ2) is 8.39. The van der Waals surface area contributed by atoms with Crippen LogP contribution in [0, 0.1) is 0 Å². The highest BCUT2D eigenvalue weighted by atomic mass is 32.1. The molecule has 32 heavy (non-hydrogen) atoms. The number of phenols is 1. The van der Waals surface area contributed by atoms with Gasteiger partial charge >= 0.3 is 0 Å². The number of carbonyl (C=O) groups excluding carboxylic acids is 1. The number of aromatic hydroxyl groups is 1. The van der Waals surface area contributed by atoms with Crippen LogP contribution in [0.4, 0.5) is 0 Å². The van der Waals surface area contributed by atoms with E-state index in [1.807, 2.05) is 0 Å². The van der Waals surface area contributed by atoms with Crippen molar-refractivity contribution in [3.05, 3.63) is 86.8 Å². The zero-order chi connectivity index (χ0) is 22.1. The number of para-hydroxylation sites is 1. The van der Waals surface area contributed by atoms with E-state index in [4.69, 9.17) is 0 Å². The molecule has 1 aliphatic carbocycles. The zero-order valence-corrected chi connectivity index (χ0v) is 17.9. The number of nitrogens with zero attached hydrogens (tertiary/aromatic N) is 3. The van der Waals surface area contributed by atoms with Crippen molar-refractivity contribution in [2.45, 2.75) is 25.7 Å². The van der Waals surface area contributed by atoms with Crippen LogP contribution in [0.5, 0.6) is 5.75 Å². The SMILES string of the molecule is O=C(N/N=C/c1ccccc1O)c1cccc(-n2cnc3sc4c(c3c2=O)CCCC4)c1. The zero-order valence-electron chi connectivity index (χ0n) is 17.1. The first kappa shape index (κ1) is 20.1. The summed E-state index contributed by atoms with van der Waals surface area (Å²) >= 11 is 1.61. The summed E-state index contributed by atoms with van der Waals surface area (Å²) in [5, 5.41) is 14.4. The fraction of sp³-hybridized carbons (Fsp3) is 0.167. The number of thiophene rings is 1. The van der Waals surface area contributed by atoms with Crippen LogP contribution in [0.15, 0.2) is 64.8 Å². The third kappa shape index (κ3) is 3.69. The predicted molar refractivity (Wildman–Crippen MR) is 125 cm³/mol. The molecule has 5 rings (SSSR count). The number of carbonyl (C=O) groups is 1. The summed E-state index contributed by atoms with van der Waals surface area (Å²) in [6.07, 6.45) is 7.06. The second-order valence-electron chi connectivity index (χ2n) is 7.62. The van der Waals surface area contributed by atoms with E-state index < -0.39 is 5.91 Å². The number of amides is 1. The van der Waals surface area contributed by atoms with E-state index in [-0.39, 0.29) is 11.3 Å². The average Bonchev–Trinajstić information content (AvgIpc) is 3.20. The first-order valence-electron chi connectivity index (χ1n) is 10.4. The molecule has 2 aromatic carbocycles. The highest BCUT2D eigenvalue weighted by Crippen LogP contribution is 2.33. The number of aromatic nitrogens is 2. The van der Waals surface area contributed by atoms with Crippen LogP contribution < -0.4 is 11.0 Å². The Hall–Kier alpha value is -3.78. The van der Waals surface area contributed by atoms with Crippen molar-refractivity contribution >= 4 is 33.7 Å². The fourth-order valence-electron chi connectivity index (χ4n) is 3.95. The molecule has 1 aliphatic rings. The Kier molecular flexibility index (Phi) is 5.28. The van der Waals surface area contributed by atoms with Gasteiger partial charge in [0, 0.05) is 16.0 Å². The van der Waals surface area contributed by atoms with Crippen molar-refractivity contribution in [1.82, 2.24) is 15.0 Å². The van der Waals surface area contributed by atoms with Crippen molar-refractivity contribution in [1.29, 1.82) is 0 Å². The van der Waals surface area contributed by atoms with Crippen LogP contribution in [0.1, 0.15) is 39.2 Å². The lowest BCUT2D eigenvalue weighted by atomic mass is 9.97. The van der Waals surface area contributed by atoms with Gasteiger partial charge in [0.25, 0.3) is 11.5 Å². The molecule has 2 aromatic heterocycles. The number of benzene rings is 2. The molecule has 0 atom stereocenters. The number of hydrogen-bond donors (Lipinski definition) is 2. The Balaban J connectivity index is 1.43. The van der Waals surface area contributed by atoms with E-state index in [1.165, 1.54) is 22.0 Å². The normalized spacial score (nSPS) is 13.4. The molecule has 0 saturated heterocycles. The molecular formula is C24H20N4O3S. The van der Waals surface area contributed by atoms with Crippen LogP contribution in [0.25, 0.3) is 15.9 Å². The molecule has 160 valence electrons. The number of aryl methyl sites for hydroxylation is 2. The summed E-state index contributed by atoms with van der Waals surface area (Å²) in [7, 11) is 0. The molecule has 0 bridgehead atoms. The van der Waals surface area contributed by atoms with Gasteiger partial charge in [-0.1, -0.05) is 18.2 Å². The minimum atomic E-state index is -0.423. The molecule has 0 radical (unpaired) electrons. The van der Waals surface area contributed by atoms with Crippen molar-refractivity contribution in [2.75, 3.05) is 0 Å². The van der Waals surface area contributed by atoms with Crippen molar-refractivity contribution < 1.29 is 9.90 Å². The molecule has 8 heteroatoms. The molecule has 7 nitrogen and oxygen atoms in total. The van der Waals surface area contributed by atoms with E-state index in [9.17, 15) is 14.7 Å². The maximum atomic E-state index is 13.3. The van der Waals surface area contributed by atoms with Crippen molar-refractivity contribution in [2.24, 2.45) is 5.10 Å². The monoisotopic (exact) mass is 444 g/mol. The summed E-state index contributed by atoms with van der Waals surface area (Å²) in [5.41, 5.74) is 4.90. The lowest BCUT2D eigenvalue weighted by molar-refractivity contribution is 0.0955. The number of hydrazone groups is 1. The maximum absolute atomic E-state index is 13.3. The summed E-state index contributed by atoms with van der Waals surface area (Å²) in [5.74, 6) is -0.348. The van der Waals surface area contributed by atoms with Gasteiger partial charge in [-0.05, 0) is 61.6 Å². The summed E-state index contributed by atoms with van der Waals surface area (Å²) < 4.78 is 1.49. The standard InChI is InChI=1S/C24H20N4O3S/c29-19-10-3-1-6-16(19)13-26-27-22(30)15-7-5-8-17(12-15)28-14-25-23-21(24(28)31)18-9-2-4-11-20(18)32-23/h1,3,5-8,10,12-14,29H,2,4,9,11H2,(H,27,30)/b26-13+. The van der Waals surface area contributed by atoms with Gasteiger partial charge in [0.1, 0.15) is 16.9 Å². The molecule has 0 unspecified atom stereocenters. The Morgan fingerprint density at radius 2 is 2.00 bits per heavy atom. The smallest absolute Gasteiger partial charge is 0.271 e. The molecular weight excluding hydrogens is 424 g/mol. The topological polar surface area (TPSA) is 96.6 Å². The number of fused-ring (bicyclic) bond motifs is 3. The molecule has 0 fully saturated rings. The summed E-state index contributed by atoms with van der Waals surface area (Å²) in [6, 6.07) is 13.5. The quantitative estimate of drug-likeness (QED) is 0.370. The van der Waals surface area contributed by atoms with Gasteiger partial charge in [0.05, 0.1) is 17.3 Å². The third-order valence-electron chi connectivity index (χ3n) is 5.57. The van der Waals surface area contributed by atoms with E-state index in [0.717, 1.165) is 36.1 Å². The highest BCUT2D eigenvalue weighted by Gasteiger charge is 2.20. The highest BCUT2D eigenvalue weighted by molar-refractivity contribution is 7.18. The number of rotatable bonds is 4. The fourth-order valence-corrected chi connectivity index (χ4v) is 5.17. The van der Waals surface area contributed by atoms with Gasteiger partial charge in [0.2, 0.25) is 0 Å². The van der Waals surface area contributed by atoms with Crippen molar-refractivity contribution in [3.63, 3.8) is 0 Å². The Morgan fingerprint density at radius 3 is 2.88 bits per heavy atom. The Morgan fingerprint density at radius 1 is 1.16 bits per heavy atom. The maximum Gasteiger partial charge on any atom is 0.271 e. The minimum absolute atomic E-state index is 0.0744. The summed E-state index contributed by atoms with van der Waals surface area (Å²) in [6.45, 7) is 0.